The van der Waals surface area contributed by atoms with Crippen LogP contribution in [0.5, 0.6) is 11.5 Å². The molecule has 1 aliphatic rings. The van der Waals surface area contributed by atoms with Crippen molar-refractivity contribution in [2.24, 2.45) is 5.41 Å². The van der Waals surface area contributed by atoms with Crippen LogP contribution >= 0.6 is 0 Å². The number of ether oxygens (including phenoxy) is 3. The molecule has 1 amide bonds. The summed E-state index contributed by atoms with van der Waals surface area (Å²) in [7, 11) is 0. The van der Waals surface area contributed by atoms with Gasteiger partial charge in [0.25, 0.3) is 0 Å². The highest BCUT2D eigenvalue weighted by molar-refractivity contribution is 6.07. The van der Waals surface area contributed by atoms with Gasteiger partial charge in [0.2, 0.25) is 5.91 Å². The zero-order valence-electron chi connectivity index (χ0n) is 20.5. The Kier molecular flexibility index (Phi) is 6.82. The second-order valence-electron chi connectivity index (χ2n) is 9.23. The van der Waals surface area contributed by atoms with E-state index in [4.69, 9.17) is 19.9 Å². The molecule has 0 fully saturated rings. The van der Waals surface area contributed by atoms with E-state index >= 15 is 0 Å². The highest BCUT2D eigenvalue weighted by Crippen LogP contribution is 2.35. The molecule has 8 heteroatoms. The first-order valence-corrected chi connectivity index (χ1v) is 11.7. The van der Waals surface area contributed by atoms with E-state index in [1.807, 2.05) is 38.1 Å². The highest BCUT2D eigenvalue weighted by Gasteiger charge is 2.33. The number of carbonyl (C=O) groups excluding carboxylic acids is 2. The zero-order chi connectivity index (χ0) is 25.2. The highest BCUT2D eigenvalue weighted by atomic mass is 16.5. The standard InChI is InChI=1S/C27H31N3O5/c1-5-33-25(31)22-16(2)29-19-10-8-12-21(23(19)24(22)28)35-15-27(3,4)26(32)30-18-13-14-34-20-11-7-6-9-17(18)20/h6-12,18H,5,13-15H2,1-4H3,(H2,28,29)(H,30,32). The summed E-state index contributed by atoms with van der Waals surface area (Å²) < 4.78 is 17.0. The average Bonchev–Trinajstić information content (AvgIpc) is 2.83. The second kappa shape index (κ2) is 9.82. The van der Waals surface area contributed by atoms with Crippen LogP contribution < -0.4 is 20.5 Å². The van der Waals surface area contributed by atoms with Crippen LogP contribution in [0.15, 0.2) is 42.5 Å². The number of nitrogen functional groups attached to an aromatic ring is 1. The summed E-state index contributed by atoms with van der Waals surface area (Å²) in [5, 5.41) is 3.67. The summed E-state index contributed by atoms with van der Waals surface area (Å²) in [4.78, 5) is 30.2. The zero-order valence-corrected chi connectivity index (χ0v) is 20.5. The van der Waals surface area contributed by atoms with Crippen LogP contribution in [0.25, 0.3) is 10.9 Å². The van der Waals surface area contributed by atoms with Gasteiger partial charge in [-0.3, -0.25) is 9.78 Å². The SMILES string of the molecule is CCOC(=O)c1c(C)nc2cccc(OCC(C)(C)C(=O)NC3CCOc4ccccc43)c2c1N. The maximum absolute atomic E-state index is 13.2. The van der Waals surface area contributed by atoms with Crippen molar-refractivity contribution in [2.75, 3.05) is 25.6 Å². The molecule has 35 heavy (non-hydrogen) atoms. The van der Waals surface area contributed by atoms with Gasteiger partial charge in [0.05, 0.1) is 47.0 Å². The van der Waals surface area contributed by atoms with Gasteiger partial charge in [-0.25, -0.2) is 4.79 Å². The van der Waals surface area contributed by atoms with Gasteiger partial charge in [-0.2, -0.15) is 0 Å². The van der Waals surface area contributed by atoms with E-state index in [9.17, 15) is 9.59 Å². The number of benzene rings is 2. The molecule has 1 aromatic heterocycles. The van der Waals surface area contributed by atoms with Gasteiger partial charge in [0.1, 0.15) is 23.7 Å². The minimum atomic E-state index is -0.841. The maximum Gasteiger partial charge on any atom is 0.342 e. The summed E-state index contributed by atoms with van der Waals surface area (Å²) in [6, 6.07) is 13.0. The van der Waals surface area contributed by atoms with Crippen LogP contribution in [0, 0.1) is 12.3 Å². The van der Waals surface area contributed by atoms with E-state index in [1.54, 1.807) is 32.0 Å². The molecule has 8 nitrogen and oxygen atoms in total. The molecule has 0 spiro atoms. The van der Waals surface area contributed by atoms with Crippen molar-refractivity contribution >= 4 is 28.5 Å². The molecule has 2 heterocycles. The van der Waals surface area contributed by atoms with Crippen LogP contribution in [0.1, 0.15) is 54.8 Å². The second-order valence-corrected chi connectivity index (χ2v) is 9.23. The monoisotopic (exact) mass is 477 g/mol. The van der Waals surface area contributed by atoms with Gasteiger partial charge in [-0.15, -0.1) is 0 Å². The number of hydrogen-bond donors (Lipinski definition) is 2. The molecule has 0 bridgehead atoms. The minimum absolute atomic E-state index is 0.102. The first-order chi connectivity index (χ1) is 16.7. The molecule has 4 rings (SSSR count). The number of carbonyl (C=O) groups is 2. The Bertz CT molecular complexity index is 1270. The minimum Gasteiger partial charge on any atom is -0.493 e. The molecule has 1 atom stereocenters. The smallest absolute Gasteiger partial charge is 0.342 e. The number of aryl methyl sites for hydroxylation is 1. The normalized spacial score (nSPS) is 15.1. The van der Waals surface area contributed by atoms with Crippen molar-refractivity contribution < 1.29 is 23.8 Å². The first kappa shape index (κ1) is 24.3. The Morgan fingerprint density at radius 3 is 2.74 bits per heavy atom. The third-order valence-corrected chi connectivity index (χ3v) is 6.14. The molecule has 0 aliphatic carbocycles. The lowest BCUT2D eigenvalue weighted by molar-refractivity contribution is -0.131. The Hall–Kier alpha value is -3.81. The largest absolute Gasteiger partial charge is 0.493 e. The molecule has 3 N–H and O–H groups in total. The lowest BCUT2D eigenvalue weighted by Crippen LogP contribution is -2.43. The molecule has 0 saturated carbocycles. The number of aromatic nitrogens is 1. The van der Waals surface area contributed by atoms with Gasteiger partial charge in [0, 0.05) is 12.0 Å². The average molecular weight is 478 g/mol. The number of rotatable bonds is 7. The number of esters is 1. The number of anilines is 1. The van der Waals surface area contributed by atoms with Gasteiger partial charge in [-0.1, -0.05) is 24.3 Å². The number of nitrogens with two attached hydrogens (primary N) is 1. The number of nitrogens with one attached hydrogen (secondary N) is 1. The Morgan fingerprint density at radius 2 is 1.97 bits per heavy atom. The molecule has 0 radical (unpaired) electrons. The summed E-state index contributed by atoms with van der Waals surface area (Å²) in [5.41, 5.74) is 8.11. The predicted molar refractivity (Wildman–Crippen MR) is 134 cm³/mol. The van der Waals surface area contributed by atoms with Crippen molar-refractivity contribution in [1.82, 2.24) is 10.3 Å². The first-order valence-electron chi connectivity index (χ1n) is 11.7. The molecule has 0 saturated heterocycles. The third-order valence-electron chi connectivity index (χ3n) is 6.14. The van der Waals surface area contributed by atoms with Gasteiger partial charge in [-0.05, 0) is 45.9 Å². The molecular formula is C27H31N3O5. The van der Waals surface area contributed by atoms with Crippen molar-refractivity contribution in [1.29, 1.82) is 0 Å². The number of pyridine rings is 1. The van der Waals surface area contributed by atoms with Gasteiger partial charge < -0.3 is 25.3 Å². The van der Waals surface area contributed by atoms with E-state index in [0.717, 1.165) is 11.3 Å². The number of amides is 1. The molecular weight excluding hydrogens is 446 g/mol. The number of nitrogens with zero attached hydrogens (tertiary/aromatic N) is 1. The van der Waals surface area contributed by atoms with Crippen LogP contribution in [-0.2, 0) is 9.53 Å². The van der Waals surface area contributed by atoms with E-state index in [0.29, 0.717) is 35.4 Å². The van der Waals surface area contributed by atoms with Gasteiger partial charge >= 0.3 is 5.97 Å². The summed E-state index contributed by atoms with van der Waals surface area (Å²) in [6.45, 7) is 7.99. The number of hydrogen-bond acceptors (Lipinski definition) is 7. The van der Waals surface area contributed by atoms with Crippen molar-refractivity contribution in [3.05, 3.63) is 59.3 Å². The maximum atomic E-state index is 13.2. The van der Waals surface area contributed by atoms with Crippen molar-refractivity contribution in [2.45, 2.75) is 40.2 Å². The topological polar surface area (TPSA) is 113 Å². The molecule has 2 aromatic carbocycles. The Balaban J connectivity index is 1.55. The van der Waals surface area contributed by atoms with E-state index in [2.05, 4.69) is 10.3 Å². The Morgan fingerprint density at radius 1 is 1.20 bits per heavy atom. The summed E-state index contributed by atoms with van der Waals surface area (Å²) >= 11 is 0. The summed E-state index contributed by atoms with van der Waals surface area (Å²) in [6.07, 6.45) is 0.696. The fourth-order valence-corrected chi connectivity index (χ4v) is 4.19. The van der Waals surface area contributed by atoms with Crippen LogP contribution in [0.4, 0.5) is 5.69 Å². The lowest BCUT2D eigenvalue weighted by Gasteiger charge is -2.31. The number of fused-ring (bicyclic) bond motifs is 2. The third kappa shape index (κ3) is 4.87. The molecule has 3 aromatic rings. The quantitative estimate of drug-likeness (QED) is 0.487. The van der Waals surface area contributed by atoms with E-state index < -0.39 is 11.4 Å². The molecule has 1 aliphatic heterocycles. The molecule has 1 unspecified atom stereocenters. The fraction of sp³-hybridized carbons (Fsp3) is 0.370. The van der Waals surface area contributed by atoms with Crippen LogP contribution in [0.2, 0.25) is 0 Å². The van der Waals surface area contributed by atoms with Crippen LogP contribution in [-0.4, -0.2) is 36.7 Å². The fourth-order valence-electron chi connectivity index (χ4n) is 4.19. The van der Waals surface area contributed by atoms with Crippen molar-refractivity contribution in [3.8, 4) is 11.5 Å². The van der Waals surface area contributed by atoms with E-state index in [1.165, 1.54) is 0 Å². The summed E-state index contributed by atoms with van der Waals surface area (Å²) in [5.74, 6) is 0.594. The predicted octanol–water partition coefficient (Wildman–Crippen LogP) is 4.35. The Labute approximate surface area is 204 Å². The lowest BCUT2D eigenvalue weighted by atomic mass is 9.91. The van der Waals surface area contributed by atoms with E-state index in [-0.39, 0.29) is 36.4 Å². The van der Waals surface area contributed by atoms with Crippen LogP contribution in [0.3, 0.4) is 0 Å². The molecule has 184 valence electrons. The van der Waals surface area contributed by atoms with Crippen molar-refractivity contribution in [3.63, 3.8) is 0 Å². The van der Waals surface area contributed by atoms with Gasteiger partial charge in [0.15, 0.2) is 0 Å². The number of para-hydroxylation sites is 1.